The Labute approximate surface area is 114 Å². The quantitative estimate of drug-likeness (QED) is 0.906. The number of nitrogens with zero attached hydrogens (tertiary/aromatic N) is 3. The summed E-state index contributed by atoms with van der Waals surface area (Å²) in [6.45, 7) is 3.45. The molecule has 0 radical (unpaired) electrons. The van der Waals surface area contributed by atoms with Crippen molar-refractivity contribution in [1.29, 1.82) is 0 Å². The van der Waals surface area contributed by atoms with Gasteiger partial charge in [-0.3, -0.25) is 9.48 Å². The molecule has 0 atom stereocenters. The maximum atomic E-state index is 12.5. The Morgan fingerprint density at radius 1 is 1.47 bits per heavy atom. The molecule has 19 heavy (non-hydrogen) atoms. The molecule has 1 aromatic rings. The van der Waals surface area contributed by atoms with Gasteiger partial charge in [-0.25, -0.2) is 0 Å². The number of hydrogen-bond acceptors (Lipinski definition) is 3. The zero-order chi connectivity index (χ0) is 13.8. The molecule has 106 valence electrons. The molecule has 1 saturated carbocycles. The van der Waals surface area contributed by atoms with Crippen LogP contribution in [0.5, 0.6) is 0 Å². The normalized spacial score (nSPS) is 16.5. The van der Waals surface area contributed by atoms with Crippen LogP contribution in [0.3, 0.4) is 0 Å². The van der Waals surface area contributed by atoms with E-state index in [2.05, 4.69) is 5.10 Å². The summed E-state index contributed by atoms with van der Waals surface area (Å²) in [5.41, 5.74) is 6.86. The molecular formula is C14H24N4O. The minimum Gasteiger partial charge on any atom is -0.396 e. The number of carbonyl (C=O) groups is 1. The van der Waals surface area contributed by atoms with Crippen LogP contribution in [-0.2, 0) is 6.54 Å². The molecule has 5 heteroatoms. The van der Waals surface area contributed by atoms with Crippen molar-refractivity contribution in [2.45, 2.75) is 45.6 Å². The van der Waals surface area contributed by atoms with Crippen molar-refractivity contribution in [2.75, 3.05) is 19.3 Å². The van der Waals surface area contributed by atoms with Gasteiger partial charge in [-0.2, -0.15) is 5.10 Å². The van der Waals surface area contributed by atoms with Crippen LogP contribution in [-0.4, -0.2) is 34.2 Å². The van der Waals surface area contributed by atoms with Gasteiger partial charge < -0.3 is 10.6 Å². The van der Waals surface area contributed by atoms with Gasteiger partial charge in [-0.05, 0) is 25.7 Å². The number of aromatic nitrogens is 2. The van der Waals surface area contributed by atoms with E-state index < -0.39 is 0 Å². The van der Waals surface area contributed by atoms with E-state index in [4.69, 9.17) is 5.73 Å². The van der Waals surface area contributed by atoms with Crippen LogP contribution in [0.1, 0.15) is 49.5 Å². The number of aryl methyl sites for hydroxylation is 1. The van der Waals surface area contributed by atoms with Crippen molar-refractivity contribution >= 4 is 11.6 Å². The Kier molecular flexibility index (Phi) is 4.45. The minimum atomic E-state index is -0.0116. The van der Waals surface area contributed by atoms with E-state index in [9.17, 15) is 4.79 Å². The maximum absolute atomic E-state index is 12.5. The first-order chi connectivity index (χ1) is 9.13. The summed E-state index contributed by atoms with van der Waals surface area (Å²) in [6, 6.07) is 0. The summed E-state index contributed by atoms with van der Waals surface area (Å²) in [4.78, 5) is 14.3. The molecule has 2 rings (SSSR count). The van der Waals surface area contributed by atoms with Gasteiger partial charge in [0.2, 0.25) is 0 Å². The predicted molar refractivity (Wildman–Crippen MR) is 75.8 cm³/mol. The highest BCUT2D eigenvalue weighted by Gasteiger charge is 2.23. The number of hydrogen-bond donors (Lipinski definition) is 1. The van der Waals surface area contributed by atoms with Crippen LogP contribution in [0, 0.1) is 5.92 Å². The summed E-state index contributed by atoms with van der Waals surface area (Å²) in [5, 5.41) is 4.13. The average Bonchev–Trinajstić information content (AvgIpc) is 2.80. The largest absolute Gasteiger partial charge is 0.396 e. The molecule has 5 nitrogen and oxygen atoms in total. The maximum Gasteiger partial charge on any atom is 0.274 e. The molecule has 1 fully saturated rings. The van der Waals surface area contributed by atoms with Crippen molar-refractivity contribution < 1.29 is 4.79 Å². The van der Waals surface area contributed by atoms with Crippen molar-refractivity contribution in [3.63, 3.8) is 0 Å². The Bertz CT molecular complexity index is 435. The molecule has 0 bridgehead atoms. The molecule has 1 aliphatic rings. The Hall–Kier alpha value is -1.52. The molecule has 1 aliphatic carbocycles. The summed E-state index contributed by atoms with van der Waals surface area (Å²) < 4.78 is 1.68. The molecular weight excluding hydrogens is 240 g/mol. The molecule has 1 amide bonds. The number of rotatable bonds is 4. The van der Waals surface area contributed by atoms with Crippen molar-refractivity contribution in [3.8, 4) is 0 Å². The fraction of sp³-hybridized carbons (Fsp3) is 0.714. The Morgan fingerprint density at radius 3 is 2.79 bits per heavy atom. The van der Waals surface area contributed by atoms with Gasteiger partial charge in [0, 0.05) is 20.1 Å². The topological polar surface area (TPSA) is 64.2 Å². The number of nitrogens with two attached hydrogens (primary N) is 1. The van der Waals surface area contributed by atoms with Crippen LogP contribution >= 0.6 is 0 Å². The predicted octanol–water partition coefficient (Wildman–Crippen LogP) is 2.14. The van der Waals surface area contributed by atoms with E-state index in [1.54, 1.807) is 15.8 Å². The first-order valence-corrected chi connectivity index (χ1v) is 7.20. The highest BCUT2D eigenvalue weighted by molar-refractivity contribution is 5.97. The smallest absolute Gasteiger partial charge is 0.274 e. The Morgan fingerprint density at radius 2 is 2.16 bits per heavy atom. The highest BCUT2D eigenvalue weighted by Crippen LogP contribution is 2.25. The van der Waals surface area contributed by atoms with Crippen LogP contribution in [0.4, 0.5) is 5.69 Å². The SMILES string of the molecule is CCn1ncc(N)c1C(=O)N(C)CC1CCCCC1. The molecule has 1 aromatic heterocycles. The zero-order valence-electron chi connectivity index (χ0n) is 11.9. The van der Waals surface area contributed by atoms with Crippen molar-refractivity contribution in [3.05, 3.63) is 11.9 Å². The third kappa shape index (κ3) is 3.08. The van der Waals surface area contributed by atoms with Crippen molar-refractivity contribution in [2.24, 2.45) is 5.92 Å². The molecule has 1 heterocycles. The molecule has 2 N–H and O–H groups in total. The van der Waals surface area contributed by atoms with E-state index in [-0.39, 0.29) is 5.91 Å². The van der Waals surface area contributed by atoms with Gasteiger partial charge in [-0.1, -0.05) is 19.3 Å². The second kappa shape index (κ2) is 6.08. The van der Waals surface area contributed by atoms with Crippen LogP contribution in [0.2, 0.25) is 0 Å². The standard InChI is InChI=1S/C14H24N4O/c1-3-18-13(12(15)9-16-18)14(19)17(2)10-11-7-5-4-6-8-11/h9,11H,3-8,10,15H2,1-2H3. The Balaban J connectivity index is 2.03. The van der Waals surface area contributed by atoms with Gasteiger partial charge in [0.15, 0.2) is 0 Å². The lowest BCUT2D eigenvalue weighted by molar-refractivity contribution is 0.0749. The lowest BCUT2D eigenvalue weighted by Gasteiger charge is -2.27. The van der Waals surface area contributed by atoms with Crippen LogP contribution in [0.25, 0.3) is 0 Å². The average molecular weight is 264 g/mol. The molecule has 0 spiro atoms. The fourth-order valence-electron chi connectivity index (χ4n) is 2.89. The molecule has 0 saturated heterocycles. The van der Waals surface area contributed by atoms with Gasteiger partial charge in [-0.15, -0.1) is 0 Å². The first kappa shape index (κ1) is 13.9. The van der Waals surface area contributed by atoms with Gasteiger partial charge >= 0.3 is 0 Å². The highest BCUT2D eigenvalue weighted by atomic mass is 16.2. The third-order valence-electron chi connectivity index (χ3n) is 3.97. The first-order valence-electron chi connectivity index (χ1n) is 7.20. The zero-order valence-corrected chi connectivity index (χ0v) is 11.9. The summed E-state index contributed by atoms with van der Waals surface area (Å²) >= 11 is 0. The van der Waals surface area contributed by atoms with Gasteiger partial charge in [0.25, 0.3) is 5.91 Å². The lowest BCUT2D eigenvalue weighted by atomic mass is 9.89. The summed E-state index contributed by atoms with van der Waals surface area (Å²) in [7, 11) is 1.86. The molecule has 0 unspecified atom stereocenters. The molecule has 0 aromatic carbocycles. The second-order valence-corrected chi connectivity index (χ2v) is 5.45. The van der Waals surface area contributed by atoms with Gasteiger partial charge in [0.1, 0.15) is 5.69 Å². The van der Waals surface area contributed by atoms with E-state index in [0.29, 0.717) is 23.8 Å². The fourth-order valence-corrected chi connectivity index (χ4v) is 2.89. The lowest BCUT2D eigenvalue weighted by Crippen LogP contribution is -2.34. The monoisotopic (exact) mass is 264 g/mol. The van der Waals surface area contributed by atoms with Crippen molar-refractivity contribution in [1.82, 2.24) is 14.7 Å². The van der Waals surface area contributed by atoms with Gasteiger partial charge in [0.05, 0.1) is 11.9 Å². The van der Waals surface area contributed by atoms with E-state index in [0.717, 1.165) is 6.54 Å². The number of anilines is 1. The third-order valence-corrected chi connectivity index (χ3v) is 3.97. The van der Waals surface area contributed by atoms with Crippen LogP contribution in [0.15, 0.2) is 6.20 Å². The minimum absolute atomic E-state index is 0.0116. The molecule has 0 aliphatic heterocycles. The number of carbonyl (C=O) groups excluding carboxylic acids is 1. The van der Waals surface area contributed by atoms with E-state index in [1.165, 1.54) is 32.1 Å². The number of nitrogen functional groups attached to an aromatic ring is 1. The van der Waals surface area contributed by atoms with E-state index >= 15 is 0 Å². The van der Waals surface area contributed by atoms with Crippen LogP contribution < -0.4 is 5.73 Å². The summed E-state index contributed by atoms with van der Waals surface area (Å²) in [6.07, 6.45) is 7.96. The summed E-state index contributed by atoms with van der Waals surface area (Å²) in [5.74, 6) is 0.629. The second-order valence-electron chi connectivity index (χ2n) is 5.45. The van der Waals surface area contributed by atoms with E-state index in [1.807, 2.05) is 14.0 Å². The number of amides is 1.